The lowest BCUT2D eigenvalue weighted by Crippen LogP contribution is -2.01. The molecule has 0 spiro atoms. The Kier molecular flexibility index (Phi) is 3.23. The van der Waals surface area contributed by atoms with Crippen LogP contribution in [0.5, 0.6) is 0 Å². The van der Waals surface area contributed by atoms with Gasteiger partial charge in [-0.3, -0.25) is 4.98 Å². The van der Waals surface area contributed by atoms with Crippen molar-refractivity contribution in [2.45, 2.75) is 33.1 Å². The summed E-state index contributed by atoms with van der Waals surface area (Å²) in [5.74, 6) is 1.25. The third-order valence-corrected chi connectivity index (χ3v) is 3.00. The maximum absolute atomic E-state index is 4.56. The average molecular weight is 213 g/mol. The molecule has 0 bridgehead atoms. The van der Waals surface area contributed by atoms with Gasteiger partial charge in [0.15, 0.2) is 0 Å². The van der Waals surface area contributed by atoms with Gasteiger partial charge in [-0.15, -0.1) is 0 Å². The minimum absolute atomic E-state index is 0.533. The number of benzene rings is 1. The zero-order valence-electron chi connectivity index (χ0n) is 10.3. The normalized spacial score (nSPS) is 13.2. The summed E-state index contributed by atoms with van der Waals surface area (Å²) in [6.45, 7) is 6.80. The van der Waals surface area contributed by atoms with E-state index in [1.807, 2.05) is 6.20 Å². The Balaban J connectivity index is 2.44. The molecule has 84 valence electrons. The van der Waals surface area contributed by atoms with Crippen molar-refractivity contribution in [1.82, 2.24) is 4.98 Å². The lowest BCUT2D eigenvalue weighted by molar-refractivity contribution is 0.519. The Morgan fingerprint density at radius 2 is 1.81 bits per heavy atom. The van der Waals surface area contributed by atoms with Gasteiger partial charge < -0.3 is 0 Å². The number of fused-ring (bicyclic) bond motifs is 1. The van der Waals surface area contributed by atoms with E-state index < -0.39 is 0 Å². The van der Waals surface area contributed by atoms with Gasteiger partial charge in [-0.25, -0.2) is 0 Å². The van der Waals surface area contributed by atoms with Crippen LogP contribution < -0.4 is 0 Å². The zero-order valence-corrected chi connectivity index (χ0v) is 10.3. The Morgan fingerprint density at radius 3 is 2.56 bits per heavy atom. The van der Waals surface area contributed by atoms with Gasteiger partial charge in [0.25, 0.3) is 0 Å². The monoisotopic (exact) mass is 213 g/mol. The number of hydrogen-bond donors (Lipinski definition) is 0. The van der Waals surface area contributed by atoms with Crippen LogP contribution in [0.3, 0.4) is 0 Å². The van der Waals surface area contributed by atoms with Crippen molar-refractivity contribution < 1.29 is 0 Å². The van der Waals surface area contributed by atoms with Gasteiger partial charge >= 0.3 is 0 Å². The first-order valence-electron chi connectivity index (χ1n) is 6.02. The van der Waals surface area contributed by atoms with E-state index in [1.54, 1.807) is 0 Å². The summed E-state index contributed by atoms with van der Waals surface area (Å²) >= 11 is 0. The van der Waals surface area contributed by atoms with E-state index in [1.165, 1.54) is 22.9 Å². The fourth-order valence-electron chi connectivity index (χ4n) is 2.35. The first-order valence-corrected chi connectivity index (χ1v) is 6.02. The molecule has 0 fully saturated rings. The maximum Gasteiger partial charge on any atom is 0.0510 e. The lowest BCUT2D eigenvalue weighted by Gasteiger charge is -2.15. The van der Waals surface area contributed by atoms with Gasteiger partial charge in [-0.05, 0) is 29.7 Å². The van der Waals surface area contributed by atoms with Gasteiger partial charge in [0.1, 0.15) is 0 Å². The summed E-state index contributed by atoms with van der Waals surface area (Å²) in [5.41, 5.74) is 1.24. The van der Waals surface area contributed by atoms with Crippen molar-refractivity contribution in [3.05, 3.63) is 42.2 Å². The second-order valence-corrected chi connectivity index (χ2v) is 4.95. The van der Waals surface area contributed by atoms with E-state index in [4.69, 9.17) is 0 Å². The SMILES string of the molecule is CC(C)CC(C)c1nccc2ccccc12. The van der Waals surface area contributed by atoms with Crippen LogP contribution in [-0.4, -0.2) is 4.98 Å². The highest BCUT2D eigenvalue weighted by molar-refractivity contribution is 5.84. The molecule has 1 aromatic heterocycles. The highest BCUT2D eigenvalue weighted by Crippen LogP contribution is 2.27. The fraction of sp³-hybridized carbons (Fsp3) is 0.400. The molecule has 0 saturated carbocycles. The van der Waals surface area contributed by atoms with Crippen molar-refractivity contribution in [3.8, 4) is 0 Å². The second-order valence-electron chi connectivity index (χ2n) is 4.95. The highest BCUT2D eigenvalue weighted by atomic mass is 14.7. The molecule has 1 nitrogen and oxygen atoms in total. The number of hydrogen-bond acceptors (Lipinski definition) is 1. The molecule has 2 rings (SSSR count). The molecule has 0 aliphatic carbocycles. The lowest BCUT2D eigenvalue weighted by atomic mass is 9.93. The summed E-state index contributed by atoms with van der Waals surface area (Å²) in [6, 6.07) is 10.6. The third kappa shape index (κ3) is 2.24. The molecule has 1 unspecified atom stereocenters. The quantitative estimate of drug-likeness (QED) is 0.737. The Labute approximate surface area is 97.5 Å². The average Bonchev–Trinajstić information content (AvgIpc) is 2.27. The maximum atomic E-state index is 4.56. The van der Waals surface area contributed by atoms with E-state index in [-0.39, 0.29) is 0 Å². The van der Waals surface area contributed by atoms with E-state index in [2.05, 4.69) is 56.1 Å². The molecule has 16 heavy (non-hydrogen) atoms. The van der Waals surface area contributed by atoms with Crippen LogP contribution in [0.15, 0.2) is 36.5 Å². The summed E-state index contributed by atoms with van der Waals surface area (Å²) in [5, 5.41) is 2.60. The molecule has 1 aromatic carbocycles. The van der Waals surface area contributed by atoms with Crippen molar-refractivity contribution >= 4 is 10.8 Å². The minimum Gasteiger partial charge on any atom is -0.260 e. The molecule has 0 aliphatic rings. The Hall–Kier alpha value is -1.37. The van der Waals surface area contributed by atoms with Gasteiger partial charge in [-0.1, -0.05) is 45.0 Å². The highest BCUT2D eigenvalue weighted by Gasteiger charge is 2.11. The number of nitrogens with zero attached hydrogens (tertiary/aromatic N) is 1. The summed E-state index contributed by atoms with van der Waals surface area (Å²) < 4.78 is 0. The largest absolute Gasteiger partial charge is 0.260 e. The van der Waals surface area contributed by atoms with Crippen LogP contribution in [0.1, 0.15) is 38.8 Å². The van der Waals surface area contributed by atoms with Crippen molar-refractivity contribution in [3.63, 3.8) is 0 Å². The summed E-state index contributed by atoms with van der Waals surface area (Å²) in [4.78, 5) is 4.56. The van der Waals surface area contributed by atoms with Crippen LogP contribution in [0.2, 0.25) is 0 Å². The molecule has 0 saturated heterocycles. The molecule has 1 heteroatoms. The first kappa shape index (κ1) is 11.1. The molecule has 2 aromatic rings. The van der Waals surface area contributed by atoms with E-state index in [0.29, 0.717) is 5.92 Å². The van der Waals surface area contributed by atoms with Crippen LogP contribution in [-0.2, 0) is 0 Å². The standard InChI is InChI=1S/C15H19N/c1-11(2)10-12(3)15-14-7-5-4-6-13(14)8-9-16-15/h4-9,11-12H,10H2,1-3H3. The molecule has 0 aliphatic heterocycles. The first-order chi connectivity index (χ1) is 7.68. The molecule has 0 amide bonds. The van der Waals surface area contributed by atoms with Gasteiger partial charge in [0.05, 0.1) is 5.69 Å². The third-order valence-electron chi connectivity index (χ3n) is 3.00. The second kappa shape index (κ2) is 4.65. The van der Waals surface area contributed by atoms with E-state index in [0.717, 1.165) is 5.92 Å². The minimum atomic E-state index is 0.533. The van der Waals surface area contributed by atoms with Crippen LogP contribution in [0.25, 0.3) is 10.8 Å². The fourth-order valence-corrected chi connectivity index (χ4v) is 2.35. The Bertz CT molecular complexity index is 468. The topological polar surface area (TPSA) is 12.9 Å². The predicted molar refractivity (Wildman–Crippen MR) is 69.6 cm³/mol. The molecule has 0 radical (unpaired) electrons. The van der Waals surface area contributed by atoms with Gasteiger partial charge in [-0.2, -0.15) is 0 Å². The molecule has 1 heterocycles. The molecule has 0 N–H and O–H groups in total. The van der Waals surface area contributed by atoms with Crippen molar-refractivity contribution in [2.75, 3.05) is 0 Å². The summed E-state index contributed by atoms with van der Waals surface area (Å²) in [6.07, 6.45) is 3.12. The van der Waals surface area contributed by atoms with Crippen LogP contribution >= 0.6 is 0 Å². The summed E-state index contributed by atoms with van der Waals surface area (Å²) in [7, 11) is 0. The smallest absolute Gasteiger partial charge is 0.0510 e. The van der Waals surface area contributed by atoms with E-state index >= 15 is 0 Å². The number of rotatable bonds is 3. The molecular weight excluding hydrogens is 194 g/mol. The predicted octanol–water partition coefficient (Wildman–Crippen LogP) is 4.38. The molecule has 1 atom stereocenters. The van der Waals surface area contributed by atoms with Crippen LogP contribution in [0, 0.1) is 5.92 Å². The Morgan fingerprint density at radius 1 is 1.06 bits per heavy atom. The number of pyridine rings is 1. The zero-order chi connectivity index (χ0) is 11.5. The van der Waals surface area contributed by atoms with Crippen LogP contribution in [0.4, 0.5) is 0 Å². The van der Waals surface area contributed by atoms with Crippen molar-refractivity contribution in [1.29, 1.82) is 0 Å². The van der Waals surface area contributed by atoms with Gasteiger partial charge in [0.2, 0.25) is 0 Å². The number of aromatic nitrogens is 1. The molecular formula is C15H19N. The van der Waals surface area contributed by atoms with E-state index in [9.17, 15) is 0 Å². The van der Waals surface area contributed by atoms with Gasteiger partial charge in [0, 0.05) is 11.6 Å². The van der Waals surface area contributed by atoms with Crippen molar-refractivity contribution in [2.24, 2.45) is 5.92 Å².